The van der Waals surface area contributed by atoms with Gasteiger partial charge in [0.1, 0.15) is 23.2 Å². The predicted molar refractivity (Wildman–Crippen MR) is 123 cm³/mol. The average Bonchev–Trinajstić information content (AvgIpc) is 3.09. The molecule has 0 bridgehead atoms. The summed E-state index contributed by atoms with van der Waals surface area (Å²) < 4.78 is 38.9. The minimum Gasteiger partial charge on any atom is -0.467 e. The fourth-order valence-corrected chi connectivity index (χ4v) is 4.02. The second-order valence-electron chi connectivity index (χ2n) is 8.79. The Bertz CT molecular complexity index is 893. The maximum Gasteiger partial charge on any atom is 0.342 e. The van der Waals surface area contributed by atoms with Crippen LogP contribution < -0.4 is 9.47 Å². The molecule has 0 spiro atoms. The standard InChI is InChI=1S/C25H34O9/c1-16-8-6-10-19(26)23-20(33-25(2,3)34-23)11-7-9-17-12-18(30-14-28-4)13-21(31-15-29-5)22(17)24(27)32-16/h7,9,12-13,16,20,23H,6,8,10-11,14-15H2,1-5H3/t16-,20-,23+/m0/s1. The van der Waals surface area contributed by atoms with Crippen molar-refractivity contribution in [1.82, 2.24) is 0 Å². The minimum atomic E-state index is -0.848. The van der Waals surface area contributed by atoms with Crippen molar-refractivity contribution in [2.45, 2.75) is 70.6 Å². The van der Waals surface area contributed by atoms with Gasteiger partial charge in [0.2, 0.25) is 0 Å². The summed E-state index contributed by atoms with van der Waals surface area (Å²) in [5.41, 5.74) is 0.800. The van der Waals surface area contributed by atoms with Gasteiger partial charge in [-0.1, -0.05) is 12.2 Å². The zero-order valence-electron chi connectivity index (χ0n) is 20.5. The highest BCUT2D eigenvalue weighted by molar-refractivity contribution is 5.97. The number of carbonyl (C=O) groups is 2. The lowest BCUT2D eigenvalue weighted by Gasteiger charge is -2.19. The molecule has 0 N–H and O–H groups in total. The molecule has 1 aromatic carbocycles. The van der Waals surface area contributed by atoms with Crippen LogP contribution >= 0.6 is 0 Å². The SMILES string of the molecule is COCOc1cc2c(c(OCOC)c1)C(=O)O[C@@H](C)CCCC(=O)[C@H]1OC(C)(C)O[C@H]1CC=C2. The number of methoxy groups -OCH3 is 2. The summed E-state index contributed by atoms with van der Waals surface area (Å²) in [5, 5.41) is 0. The van der Waals surface area contributed by atoms with Crippen LogP contribution in [0, 0.1) is 0 Å². The van der Waals surface area contributed by atoms with E-state index in [-0.39, 0.29) is 30.7 Å². The van der Waals surface area contributed by atoms with E-state index in [9.17, 15) is 9.59 Å². The van der Waals surface area contributed by atoms with Crippen molar-refractivity contribution in [1.29, 1.82) is 0 Å². The van der Waals surface area contributed by atoms with Gasteiger partial charge < -0.3 is 33.2 Å². The normalized spacial score (nSPS) is 25.1. The lowest BCUT2D eigenvalue weighted by Crippen LogP contribution is -2.31. The van der Waals surface area contributed by atoms with Crippen molar-refractivity contribution in [3.63, 3.8) is 0 Å². The van der Waals surface area contributed by atoms with Gasteiger partial charge in [-0.25, -0.2) is 4.79 Å². The molecule has 2 aliphatic rings. The number of ketones is 1. The van der Waals surface area contributed by atoms with Crippen molar-refractivity contribution in [3.8, 4) is 11.5 Å². The van der Waals surface area contributed by atoms with Crippen molar-refractivity contribution >= 4 is 17.8 Å². The van der Waals surface area contributed by atoms with Gasteiger partial charge in [-0.05, 0) is 51.7 Å². The predicted octanol–water partition coefficient (Wildman–Crippen LogP) is 3.87. The number of ether oxygens (including phenoxy) is 7. The first-order chi connectivity index (χ1) is 16.2. The van der Waals surface area contributed by atoms with Gasteiger partial charge >= 0.3 is 5.97 Å². The summed E-state index contributed by atoms with van der Waals surface area (Å²) in [6.45, 7) is 5.37. The number of Topliss-reactive ketones (excluding diaryl/α,β-unsaturated/α-hetero) is 1. The fourth-order valence-electron chi connectivity index (χ4n) is 4.02. The highest BCUT2D eigenvalue weighted by Gasteiger charge is 2.44. The van der Waals surface area contributed by atoms with E-state index in [1.165, 1.54) is 14.2 Å². The molecule has 0 radical (unpaired) electrons. The van der Waals surface area contributed by atoms with Gasteiger partial charge in [-0.15, -0.1) is 0 Å². The maximum absolute atomic E-state index is 13.2. The fraction of sp³-hybridized carbons (Fsp3) is 0.600. The number of cyclic esters (lactones) is 1. The Morgan fingerprint density at radius 1 is 1.06 bits per heavy atom. The van der Waals surface area contributed by atoms with E-state index in [2.05, 4.69) is 0 Å². The number of rotatable bonds is 6. The van der Waals surface area contributed by atoms with Crippen LogP contribution in [0.1, 0.15) is 62.4 Å². The second-order valence-corrected chi connectivity index (χ2v) is 8.79. The Hall–Kier alpha value is -2.46. The van der Waals surface area contributed by atoms with Crippen molar-refractivity contribution in [2.75, 3.05) is 27.8 Å². The highest BCUT2D eigenvalue weighted by atomic mass is 16.8. The Labute approximate surface area is 200 Å². The third-order valence-electron chi connectivity index (χ3n) is 5.49. The van der Waals surface area contributed by atoms with E-state index in [1.54, 1.807) is 39.0 Å². The summed E-state index contributed by atoms with van der Waals surface area (Å²) in [6, 6.07) is 3.31. The monoisotopic (exact) mass is 478 g/mol. The third-order valence-corrected chi connectivity index (χ3v) is 5.49. The molecule has 188 valence electrons. The Morgan fingerprint density at radius 2 is 1.79 bits per heavy atom. The average molecular weight is 479 g/mol. The van der Waals surface area contributed by atoms with Crippen molar-refractivity contribution in [3.05, 3.63) is 29.3 Å². The Morgan fingerprint density at radius 3 is 2.53 bits per heavy atom. The van der Waals surface area contributed by atoms with Gasteiger partial charge in [-0.3, -0.25) is 4.79 Å². The molecule has 2 aliphatic heterocycles. The molecule has 1 fully saturated rings. The molecule has 9 nitrogen and oxygen atoms in total. The van der Waals surface area contributed by atoms with Gasteiger partial charge in [0.15, 0.2) is 25.2 Å². The number of carbonyl (C=O) groups excluding carboxylic acids is 2. The Balaban J connectivity index is 2.01. The second kappa shape index (κ2) is 11.8. The number of hydrogen-bond acceptors (Lipinski definition) is 9. The molecule has 0 amide bonds. The minimum absolute atomic E-state index is 0.00883. The molecule has 9 heteroatoms. The molecule has 2 heterocycles. The van der Waals surface area contributed by atoms with E-state index in [1.807, 2.05) is 6.08 Å². The quantitative estimate of drug-likeness (QED) is 0.446. The summed E-state index contributed by atoms with van der Waals surface area (Å²) in [4.78, 5) is 26.0. The molecule has 1 aromatic rings. The van der Waals surface area contributed by atoms with Crippen LogP contribution in [0.25, 0.3) is 6.08 Å². The van der Waals surface area contributed by atoms with Crippen LogP contribution in [0.5, 0.6) is 11.5 Å². The molecular weight excluding hydrogens is 444 g/mol. The smallest absolute Gasteiger partial charge is 0.342 e. The lowest BCUT2D eigenvalue weighted by atomic mass is 9.99. The van der Waals surface area contributed by atoms with Gasteiger partial charge in [-0.2, -0.15) is 0 Å². The van der Waals surface area contributed by atoms with Crippen molar-refractivity contribution < 1.29 is 42.7 Å². The van der Waals surface area contributed by atoms with Gasteiger partial charge in [0, 0.05) is 26.7 Å². The van der Waals surface area contributed by atoms with E-state index in [0.29, 0.717) is 37.0 Å². The number of esters is 1. The summed E-state index contributed by atoms with van der Waals surface area (Å²) >= 11 is 0. The highest BCUT2D eigenvalue weighted by Crippen LogP contribution is 2.34. The number of hydrogen-bond donors (Lipinski definition) is 0. The third kappa shape index (κ3) is 6.79. The molecule has 0 saturated carbocycles. The van der Waals surface area contributed by atoms with Crippen LogP contribution in [0.15, 0.2) is 18.2 Å². The van der Waals surface area contributed by atoms with E-state index >= 15 is 0 Å². The zero-order valence-corrected chi connectivity index (χ0v) is 20.5. The summed E-state index contributed by atoms with van der Waals surface area (Å²) in [5.74, 6) is -0.661. The zero-order chi connectivity index (χ0) is 24.7. The van der Waals surface area contributed by atoms with E-state index in [4.69, 9.17) is 33.2 Å². The molecule has 3 atom stereocenters. The number of benzene rings is 1. The first-order valence-corrected chi connectivity index (χ1v) is 11.4. The van der Waals surface area contributed by atoms with Crippen LogP contribution in [0.2, 0.25) is 0 Å². The van der Waals surface area contributed by atoms with Crippen LogP contribution in [0.4, 0.5) is 0 Å². The van der Waals surface area contributed by atoms with Gasteiger partial charge in [0.25, 0.3) is 0 Å². The molecule has 3 rings (SSSR count). The van der Waals surface area contributed by atoms with E-state index in [0.717, 1.165) is 0 Å². The van der Waals surface area contributed by atoms with Crippen LogP contribution in [0.3, 0.4) is 0 Å². The first-order valence-electron chi connectivity index (χ1n) is 11.4. The van der Waals surface area contributed by atoms with Crippen molar-refractivity contribution in [2.24, 2.45) is 0 Å². The lowest BCUT2D eigenvalue weighted by molar-refractivity contribution is -0.154. The molecule has 0 unspecified atom stereocenters. The Kier molecular flexibility index (Phi) is 9.07. The molecular formula is C25H34O9. The summed E-state index contributed by atoms with van der Waals surface area (Å²) in [7, 11) is 3.01. The molecule has 0 aliphatic carbocycles. The summed E-state index contributed by atoms with van der Waals surface area (Å²) in [6.07, 6.45) is 4.00. The van der Waals surface area contributed by atoms with Gasteiger partial charge in [0.05, 0.1) is 12.2 Å². The number of fused-ring (bicyclic) bond motifs is 2. The largest absolute Gasteiger partial charge is 0.467 e. The van der Waals surface area contributed by atoms with Crippen LogP contribution in [-0.2, 0) is 28.5 Å². The maximum atomic E-state index is 13.2. The molecule has 34 heavy (non-hydrogen) atoms. The van der Waals surface area contributed by atoms with E-state index < -0.39 is 30.1 Å². The molecule has 1 saturated heterocycles. The topological polar surface area (TPSA) is 98.8 Å². The molecule has 0 aromatic heterocycles. The van der Waals surface area contributed by atoms with Crippen LogP contribution in [-0.4, -0.2) is 63.7 Å². The first kappa shape index (κ1) is 26.2.